The molecule has 0 radical (unpaired) electrons. The third-order valence-corrected chi connectivity index (χ3v) is 4.02. The number of benzene rings is 1. The topological polar surface area (TPSA) is 3.24 Å². The lowest BCUT2D eigenvalue weighted by molar-refractivity contribution is 0.400. The molecule has 0 bridgehead atoms. The lowest BCUT2D eigenvalue weighted by atomic mass is 10.1. The molecule has 0 saturated carbocycles. The molecule has 17 heavy (non-hydrogen) atoms. The maximum Gasteiger partial charge on any atom is 0.00722 e. The summed E-state index contributed by atoms with van der Waals surface area (Å²) in [4.78, 5) is 3.64. The van der Waals surface area contributed by atoms with Crippen molar-refractivity contribution in [3.05, 3.63) is 29.8 Å². The van der Waals surface area contributed by atoms with E-state index in [-0.39, 0.29) is 0 Å². The number of thioether (sulfide) groups is 1. The van der Waals surface area contributed by atoms with Gasteiger partial charge in [0.15, 0.2) is 0 Å². The summed E-state index contributed by atoms with van der Waals surface area (Å²) in [6, 6.07) is 9.08. The van der Waals surface area contributed by atoms with Gasteiger partial charge in [-0.2, -0.15) is 0 Å². The third kappa shape index (κ3) is 6.75. The normalized spacial score (nSPS) is 11.4. The van der Waals surface area contributed by atoms with E-state index in [4.69, 9.17) is 0 Å². The standard InChI is InChI=1S/C15H25NS/c1-13(2)12-17-15-9-7-14(8-10-15)6-5-11-16(3)4/h7-10,13H,5-6,11-12H2,1-4H3. The Morgan fingerprint density at radius 2 is 1.76 bits per heavy atom. The van der Waals surface area contributed by atoms with Gasteiger partial charge in [-0.1, -0.05) is 26.0 Å². The molecule has 0 aliphatic carbocycles. The predicted octanol–water partition coefficient (Wildman–Crippen LogP) is 3.93. The first-order valence-electron chi connectivity index (χ1n) is 6.44. The second-order valence-corrected chi connectivity index (χ2v) is 6.35. The molecule has 1 aromatic rings. The molecule has 1 rings (SSSR count). The summed E-state index contributed by atoms with van der Waals surface area (Å²) in [6.07, 6.45) is 2.43. The summed E-state index contributed by atoms with van der Waals surface area (Å²) >= 11 is 1.96. The summed E-state index contributed by atoms with van der Waals surface area (Å²) in [7, 11) is 4.26. The summed E-state index contributed by atoms with van der Waals surface area (Å²) in [5.74, 6) is 1.97. The lowest BCUT2D eigenvalue weighted by Crippen LogP contribution is -2.13. The molecule has 0 heterocycles. The maximum absolute atomic E-state index is 2.28. The number of hydrogen-bond donors (Lipinski definition) is 0. The van der Waals surface area contributed by atoms with Crippen LogP contribution < -0.4 is 0 Å². The van der Waals surface area contributed by atoms with E-state index in [1.54, 1.807) is 0 Å². The summed E-state index contributed by atoms with van der Waals surface area (Å²) < 4.78 is 0. The molecule has 0 fully saturated rings. The van der Waals surface area contributed by atoms with E-state index in [9.17, 15) is 0 Å². The van der Waals surface area contributed by atoms with E-state index in [1.165, 1.54) is 35.6 Å². The molecule has 0 aromatic heterocycles. The highest BCUT2D eigenvalue weighted by Crippen LogP contribution is 2.21. The van der Waals surface area contributed by atoms with Gasteiger partial charge in [0.2, 0.25) is 0 Å². The van der Waals surface area contributed by atoms with E-state index in [0.29, 0.717) is 0 Å². The minimum absolute atomic E-state index is 0.764. The van der Waals surface area contributed by atoms with Crippen LogP contribution in [0.1, 0.15) is 25.8 Å². The summed E-state index contributed by atoms with van der Waals surface area (Å²) in [6.45, 7) is 5.70. The van der Waals surface area contributed by atoms with Gasteiger partial charge in [0.1, 0.15) is 0 Å². The molecule has 96 valence electrons. The van der Waals surface area contributed by atoms with Gasteiger partial charge in [0.05, 0.1) is 0 Å². The number of aryl methyl sites for hydroxylation is 1. The van der Waals surface area contributed by atoms with E-state index >= 15 is 0 Å². The second kappa shape index (κ2) is 7.78. The van der Waals surface area contributed by atoms with Gasteiger partial charge in [0, 0.05) is 10.6 Å². The van der Waals surface area contributed by atoms with Crippen LogP contribution in [-0.2, 0) is 6.42 Å². The summed E-state index contributed by atoms with van der Waals surface area (Å²) in [5, 5.41) is 0. The first-order chi connectivity index (χ1) is 8.08. The van der Waals surface area contributed by atoms with Crippen LogP contribution in [0.4, 0.5) is 0 Å². The molecule has 0 saturated heterocycles. The van der Waals surface area contributed by atoms with Crippen LogP contribution in [0.25, 0.3) is 0 Å². The fourth-order valence-corrected chi connectivity index (χ4v) is 2.47. The average Bonchev–Trinajstić information content (AvgIpc) is 2.27. The van der Waals surface area contributed by atoms with Crippen LogP contribution in [-0.4, -0.2) is 31.3 Å². The van der Waals surface area contributed by atoms with Crippen molar-refractivity contribution < 1.29 is 0 Å². The third-order valence-electron chi connectivity index (χ3n) is 2.58. The smallest absolute Gasteiger partial charge is 0.00722 e. The van der Waals surface area contributed by atoms with Crippen molar-refractivity contribution in [2.45, 2.75) is 31.6 Å². The first-order valence-corrected chi connectivity index (χ1v) is 7.43. The molecule has 1 aromatic carbocycles. The Morgan fingerprint density at radius 3 is 2.29 bits per heavy atom. The monoisotopic (exact) mass is 251 g/mol. The zero-order valence-electron chi connectivity index (χ0n) is 11.6. The second-order valence-electron chi connectivity index (χ2n) is 5.26. The quantitative estimate of drug-likeness (QED) is 0.676. The number of hydrogen-bond acceptors (Lipinski definition) is 2. The highest BCUT2D eigenvalue weighted by Gasteiger charge is 1.99. The SMILES string of the molecule is CC(C)CSc1ccc(CCCN(C)C)cc1. The molecule has 0 unspecified atom stereocenters. The van der Waals surface area contributed by atoms with Gasteiger partial charge in [-0.15, -0.1) is 11.8 Å². The van der Waals surface area contributed by atoms with Crippen molar-refractivity contribution in [1.82, 2.24) is 4.90 Å². The molecule has 2 heteroatoms. The molecule has 0 spiro atoms. The van der Waals surface area contributed by atoms with Gasteiger partial charge in [-0.25, -0.2) is 0 Å². The van der Waals surface area contributed by atoms with E-state index in [2.05, 4.69) is 57.1 Å². The van der Waals surface area contributed by atoms with Crippen LogP contribution in [0.3, 0.4) is 0 Å². The van der Waals surface area contributed by atoms with Gasteiger partial charge < -0.3 is 4.90 Å². The van der Waals surface area contributed by atoms with E-state index in [1.807, 2.05) is 11.8 Å². The Bertz CT molecular complexity index is 303. The number of nitrogens with zero attached hydrogens (tertiary/aromatic N) is 1. The van der Waals surface area contributed by atoms with Crippen molar-refractivity contribution >= 4 is 11.8 Å². The molecular formula is C15H25NS. The highest BCUT2D eigenvalue weighted by molar-refractivity contribution is 7.99. The number of rotatable bonds is 7. The Kier molecular flexibility index (Phi) is 6.68. The predicted molar refractivity (Wildman–Crippen MR) is 78.9 cm³/mol. The fraction of sp³-hybridized carbons (Fsp3) is 0.600. The molecule has 0 aliphatic rings. The first kappa shape index (κ1) is 14.6. The van der Waals surface area contributed by atoms with Crippen molar-refractivity contribution in [3.63, 3.8) is 0 Å². The molecule has 0 atom stereocenters. The zero-order chi connectivity index (χ0) is 12.7. The van der Waals surface area contributed by atoms with Crippen LogP contribution in [0.2, 0.25) is 0 Å². The lowest BCUT2D eigenvalue weighted by Gasteiger charge is -2.09. The van der Waals surface area contributed by atoms with Gasteiger partial charge >= 0.3 is 0 Å². The fourth-order valence-electron chi connectivity index (χ4n) is 1.61. The Hall–Kier alpha value is -0.470. The summed E-state index contributed by atoms with van der Waals surface area (Å²) in [5.41, 5.74) is 1.46. The van der Waals surface area contributed by atoms with Gasteiger partial charge in [-0.3, -0.25) is 0 Å². The molecular weight excluding hydrogens is 226 g/mol. The van der Waals surface area contributed by atoms with Crippen LogP contribution >= 0.6 is 11.8 Å². The van der Waals surface area contributed by atoms with Crippen LogP contribution in [0, 0.1) is 5.92 Å². The average molecular weight is 251 g/mol. The molecule has 0 N–H and O–H groups in total. The van der Waals surface area contributed by atoms with Crippen molar-refractivity contribution in [2.24, 2.45) is 5.92 Å². The minimum Gasteiger partial charge on any atom is -0.309 e. The maximum atomic E-state index is 2.28. The van der Waals surface area contributed by atoms with Gasteiger partial charge in [-0.05, 0) is 57.1 Å². The zero-order valence-corrected chi connectivity index (χ0v) is 12.4. The Labute approximate surface area is 111 Å². The van der Waals surface area contributed by atoms with Crippen molar-refractivity contribution in [3.8, 4) is 0 Å². The van der Waals surface area contributed by atoms with Crippen LogP contribution in [0.15, 0.2) is 29.2 Å². The van der Waals surface area contributed by atoms with Crippen molar-refractivity contribution in [1.29, 1.82) is 0 Å². The Morgan fingerprint density at radius 1 is 1.12 bits per heavy atom. The van der Waals surface area contributed by atoms with Gasteiger partial charge in [0.25, 0.3) is 0 Å². The Balaban J connectivity index is 2.34. The van der Waals surface area contributed by atoms with Crippen LogP contribution in [0.5, 0.6) is 0 Å². The molecule has 1 nitrogen and oxygen atoms in total. The molecule has 0 aliphatic heterocycles. The molecule has 0 amide bonds. The highest BCUT2D eigenvalue weighted by atomic mass is 32.2. The van der Waals surface area contributed by atoms with Crippen molar-refractivity contribution in [2.75, 3.05) is 26.4 Å². The largest absolute Gasteiger partial charge is 0.309 e. The minimum atomic E-state index is 0.764. The van der Waals surface area contributed by atoms with E-state index < -0.39 is 0 Å². The van der Waals surface area contributed by atoms with E-state index in [0.717, 1.165) is 5.92 Å².